The van der Waals surface area contributed by atoms with Crippen molar-refractivity contribution in [1.82, 2.24) is 10.2 Å². The molecule has 194 valence electrons. The minimum atomic E-state index is -0.808. The smallest absolute Gasteiger partial charge is 0.261 e. The maximum absolute atomic E-state index is 14.7. The summed E-state index contributed by atoms with van der Waals surface area (Å²) in [6.07, 6.45) is 4.34. The first-order valence-corrected chi connectivity index (χ1v) is 13.0. The lowest BCUT2D eigenvalue weighted by molar-refractivity contribution is -0.143. The molecule has 0 unspecified atom stereocenters. The van der Waals surface area contributed by atoms with Gasteiger partial charge in [-0.2, -0.15) is 0 Å². The summed E-state index contributed by atoms with van der Waals surface area (Å²) in [7, 11) is 0. The van der Waals surface area contributed by atoms with Crippen LogP contribution in [0.4, 0.5) is 4.39 Å². The lowest BCUT2D eigenvalue weighted by Crippen LogP contribution is -2.53. The van der Waals surface area contributed by atoms with E-state index in [0.29, 0.717) is 17.7 Å². The second-order valence-corrected chi connectivity index (χ2v) is 9.87. The van der Waals surface area contributed by atoms with Crippen LogP contribution in [-0.2, 0) is 22.6 Å². The van der Waals surface area contributed by atoms with Gasteiger partial charge >= 0.3 is 0 Å². The highest BCUT2D eigenvalue weighted by molar-refractivity contribution is 5.88. The van der Waals surface area contributed by atoms with Gasteiger partial charge < -0.3 is 15.0 Å². The number of amides is 2. The Morgan fingerprint density at radius 1 is 1.00 bits per heavy atom. The SMILES string of the molecule is Cc1ccc(OCC(=O)N(Cc2ccccc2F)[C@H](Cc2ccccc2)C(=O)NC2CCCC2)c(C)c1. The van der Waals surface area contributed by atoms with Crippen molar-refractivity contribution in [1.29, 1.82) is 0 Å². The van der Waals surface area contributed by atoms with E-state index in [1.165, 1.54) is 11.0 Å². The first kappa shape index (κ1) is 26.4. The molecule has 1 N–H and O–H groups in total. The predicted molar refractivity (Wildman–Crippen MR) is 143 cm³/mol. The van der Waals surface area contributed by atoms with E-state index >= 15 is 0 Å². The van der Waals surface area contributed by atoms with Gasteiger partial charge in [0, 0.05) is 24.6 Å². The van der Waals surface area contributed by atoms with Gasteiger partial charge in [-0.15, -0.1) is 0 Å². The first-order chi connectivity index (χ1) is 17.9. The Labute approximate surface area is 218 Å². The molecule has 37 heavy (non-hydrogen) atoms. The average Bonchev–Trinajstić information content (AvgIpc) is 3.40. The molecule has 6 heteroatoms. The van der Waals surface area contributed by atoms with Crippen LogP contribution in [0.3, 0.4) is 0 Å². The van der Waals surface area contributed by atoms with Crippen LogP contribution in [0, 0.1) is 19.7 Å². The maximum atomic E-state index is 14.7. The molecule has 1 saturated carbocycles. The van der Waals surface area contributed by atoms with Gasteiger partial charge in [0.1, 0.15) is 17.6 Å². The first-order valence-electron chi connectivity index (χ1n) is 13.0. The Hall–Kier alpha value is -3.67. The van der Waals surface area contributed by atoms with E-state index < -0.39 is 11.9 Å². The summed E-state index contributed by atoms with van der Waals surface area (Å²) in [5.41, 5.74) is 3.31. The number of nitrogens with zero attached hydrogens (tertiary/aromatic N) is 1. The molecule has 1 aliphatic rings. The van der Waals surface area contributed by atoms with E-state index in [-0.39, 0.29) is 31.0 Å². The van der Waals surface area contributed by atoms with Crippen molar-refractivity contribution in [2.45, 2.75) is 64.6 Å². The second kappa shape index (κ2) is 12.5. The van der Waals surface area contributed by atoms with E-state index in [1.54, 1.807) is 18.2 Å². The molecule has 3 aromatic rings. The van der Waals surface area contributed by atoms with Gasteiger partial charge in [-0.25, -0.2) is 4.39 Å². The number of hydrogen-bond acceptors (Lipinski definition) is 3. The van der Waals surface area contributed by atoms with Crippen molar-refractivity contribution in [2.75, 3.05) is 6.61 Å². The van der Waals surface area contributed by atoms with Crippen LogP contribution in [0.1, 0.15) is 47.9 Å². The largest absolute Gasteiger partial charge is 0.483 e. The number of aryl methyl sites for hydroxylation is 2. The number of carbonyl (C=O) groups is 2. The van der Waals surface area contributed by atoms with E-state index in [2.05, 4.69) is 5.32 Å². The van der Waals surface area contributed by atoms with E-state index in [0.717, 1.165) is 42.4 Å². The van der Waals surface area contributed by atoms with E-state index in [4.69, 9.17) is 4.74 Å². The zero-order valence-corrected chi connectivity index (χ0v) is 21.6. The highest BCUT2D eigenvalue weighted by atomic mass is 19.1. The number of hydrogen-bond donors (Lipinski definition) is 1. The predicted octanol–water partition coefficient (Wildman–Crippen LogP) is 5.52. The Morgan fingerprint density at radius 2 is 1.70 bits per heavy atom. The number of ether oxygens (including phenoxy) is 1. The van der Waals surface area contributed by atoms with Gasteiger partial charge in [0.2, 0.25) is 5.91 Å². The lowest BCUT2D eigenvalue weighted by Gasteiger charge is -2.32. The number of benzene rings is 3. The number of rotatable bonds is 10. The van der Waals surface area contributed by atoms with Crippen LogP contribution < -0.4 is 10.1 Å². The van der Waals surface area contributed by atoms with Gasteiger partial charge in [0.25, 0.3) is 5.91 Å². The quantitative estimate of drug-likeness (QED) is 0.397. The number of nitrogens with one attached hydrogen (secondary N) is 1. The monoisotopic (exact) mass is 502 g/mol. The van der Waals surface area contributed by atoms with Crippen LogP contribution >= 0.6 is 0 Å². The van der Waals surface area contributed by atoms with Gasteiger partial charge in [-0.1, -0.05) is 79.1 Å². The molecule has 0 spiro atoms. The summed E-state index contributed by atoms with van der Waals surface area (Å²) >= 11 is 0. The molecule has 1 atom stereocenters. The number of halogens is 1. The summed E-state index contributed by atoms with van der Waals surface area (Å²) in [5.74, 6) is -0.386. The summed E-state index contributed by atoms with van der Waals surface area (Å²) in [6.45, 7) is 3.64. The highest BCUT2D eigenvalue weighted by Gasteiger charge is 2.33. The van der Waals surface area contributed by atoms with E-state index in [1.807, 2.05) is 62.4 Å². The number of carbonyl (C=O) groups excluding carboxylic acids is 2. The standard InChI is InChI=1S/C31H35FN2O3/c1-22-16-17-29(23(2)18-22)37-21-30(35)34(20-25-12-6-9-15-27(25)32)28(19-24-10-4-3-5-11-24)31(36)33-26-13-7-8-14-26/h3-6,9-12,15-18,26,28H,7-8,13-14,19-21H2,1-2H3,(H,33,36)/t28-/m1/s1. The van der Waals surface area contributed by atoms with Crippen molar-refractivity contribution in [3.63, 3.8) is 0 Å². The van der Waals surface area contributed by atoms with Crippen LogP contribution in [0.2, 0.25) is 0 Å². The molecule has 0 aromatic heterocycles. The molecule has 0 aliphatic heterocycles. The third-order valence-electron chi connectivity index (χ3n) is 6.95. The average molecular weight is 503 g/mol. The lowest BCUT2D eigenvalue weighted by atomic mass is 10.0. The van der Waals surface area contributed by atoms with Crippen molar-refractivity contribution >= 4 is 11.8 Å². The molecule has 3 aromatic carbocycles. The van der Waals surface area contributed by atoms with Crippen molar-refractivity contribution in [3.05, 3.63) is 101 Å². The fourth-order valence-corrected chi connectivity index (χ4v) is 4.92. The summed E-state index contributed by atoms with van der Waals surface area (Å²) < 4.78 is 20.6. The van der Waals surface area contributed by atoms with Crippen molar-refractivity contribution in [3.8, 4) is 5.75 Å². The minimum Gasteiger partial charge on any atom is -0.483 e. The van der Waals surface area contributed by atoms with Crippen LogP contribution in [-0.4, -0.2) is 35.4 Å². The minimum absolute atomic E-state index is 0.0304. The van der Waals surface area contributed by atoms with Gasteiger partial charge in [-0.3, -0.25) is 9.59 Å². The maximum Gasteiger partial charge on any atom is 0.261 e. The topological polar surface area (TPSA) is 58.6 Å². The van der Waals surface area contributed by atoms with Gasteiger partial charge in [0.05, 0.1) is 0 Å². The summed E-state index contributed by atoms with van der Waals surface area (Å²) in [5, 5.41) is 3.16. The molecule has 0 bridgehead atoms. The van der Waals surface area contributed by atoms with Crippen molar-refractivity contribution < 1.29 is 18.7 Å². The molecule has 0 saturated heterocycles. The molecule has 2 amide bonds. The normalized spacial score (nSPS) is 14.2. The molecule has 4 rings (SSSR count). The summed E-state index contributed by atoms with van der Waals surface area (Å²) in [4.78, 5) is 28.8. The molecule has 0 radical (unpaired) electrons. The zero-order chi connectivity index (χ0) is 26.2. The fraction of sp³-hybridized carbons (Fsp3) is 0.355. The molecule has 5 nitrogen and oxygen atoms in total. The molecule has 0 heterocycles. The highest BCUT2D eigenvalue weighted by Crippen LogP contribution is 2.22. The van der Waals surface area contributed by atoms with Crippen LogP contribution in [0.5, 0.6) is 5.75 Å². The van der Waals surface area contributed by atoms with Crippen LogP contribution in [0.15, 0.2) is 72.8 Å². The van der Waals surface area contributed by atoms with Gasteiger partial charge in [-0.05, 0) is 49.9 Å². The van der Waals surface area contributed by atoms with E-state index in [9.17, 15) is 14.0 Å². The third kappa shape index (κ3) is 7.19. The molecular weight excluding hydrogens is 467 g/mol. The fourth-order valence-electron chi connectivity index (χ4n) is 4.92. The second-order valence-electron chi connectivity index (χ2n) is 9.87. The third-order valence-corrected chi connectivity index (χ3v) is 6.95. The zero-order valence-electron chi connectivity index (χ0n) is 21.6. The molecule has 1 aliphatic carbocycles. The molecular formula is C31H35FN2O3. The van der Waals surface area contributed by atoms with Gasteiger partial charge in [0.15, 0.2) is 6.61 Å². The Balaban J connectivity index is 1.63. The molecule has 1 fully saturated rings. The summed E-state index contributed by atoms with van der Waals surface area (Å²) in [6, 6.07) is 21.0. The Kier molecular flexibility index (Phi) is 8.94. The Bertz CT molecular complexity index is 1210. The van der Waals surface area contributed by atoms with Crippen molar-refractivity contribution in [2.24, 2.45) is 0 Å². The van der Waals surface area contributed by atoms with Crippen LogP contribution in [0.25, 0.3) is 0 Å². The Morgan fingerprint density at radius 3 is 2.41 bits per heavy atom.